The summed E-state index contributed by atoms with van der Waals surface area (Å²) in [5.74, 6) is 4.93. The van der Waals surface area contributed by atoms with Crippen molar-refractivity contribution in [1.82, 2.24) is 0 Å². The van der Waals surface area contributed by atoms with Gasteiger partial charge in [-0.25, -0.2) is 9.59 Å². The number of hydrogen-bond donors (Lipinski definition) is 1. The SMILES string of the molecule is C=C(C)C(=O)OCC(COC(=O)C(=C)CO)CC1CCC(c2ccc3c(c2)CCC(CCC2CCC(C4CCC(CCCCC)CC4)CC2)C3)CC1. The lowest BCUT2D eigenvalue weighted by Gasteiger charge is -2.38. The predicted octanol–water partition coefficient (Wildman–Crippen LogP) is 11.3. The maximum Gasteiger partial charge on any atom is 0.335 e. The molecular weight excluding hydrogens is 645 g/mol. The number of carbonyl (C=O) groups excluding carboxylic acids is 2. The Balaban J connectivity index is 1.01. The number of hydrogen-bond acceptors (Lipinski definition) is 5. The average Bonchev–Trinajstić information content (AvgIpc) is 3.18. The highest BCUT2D eigenvalue weighted by molar-refractivity contribution is 5.88. The second-order valence-electron chi connectivity index (χ2n) is 17.8. The molecule has 1 aromatic rings. The number of benzene rings is 1. The molecule has 0 radical (unpaired) electrons. The van der Waals surface area contributed by atoms with E-state index in [-0.39, 0.29) is 24.7 Å². The molecule has 5 nitrogen and oxygen atoms in total. The van der Waals surface area contributed by atoms with Crippen LogP contribution in [0.3, 0.4) is 0 Å². The first-order valence-corrected chi connectivity index (χ1v) is 21.6. The lowest BCUT2D eigenvalue weighted by atomic mass is 9.68. The van der Waals surface area contributed by atoms with E-state index in [1.807, 2.05) is 0 Å². The van der Waals surface area contributed by atoms with Crippen LogP contribution in [0.5, 0.6) is 0 Å². The number of carbonyl (C=O) groups is 2. The number of aryl methyl sites for hydroxylation is 1. The molecule has 5 heteroatoms. The Kier molecular flexibility index (Phi) is 16.4. The Hall–Kier alpha value is -2.40. The molecule has 290 valence electrons. The zero-order chi connectivity index (χ0) is 36.9. The van der Waals surface area contributed by atoms with Gasteiger partial charge in [-0.15, -0.1) is 0 Å². The lowest BCUT2D eigenvalue weighted by molar-refractivity contribution is -0.144. The first-order chi connectivity index (χ1) is 25.2. The molecule has 0 spiro atoms. The highest BCUT2D eigenvalue weighted by Crippen LogP contribution is 2.44. The van der Waals surface area contributed by atoms with Gasteiger partial charge in [-0.05, 0) is 149 Å². The average molecular weight is 717 g/mol. The molecule has 3 fully saturated rings. The van der Waals surface area contributed by atoms with E-state index in [0.29, 0.717) is 17.4 Å². The number of ether oxygens (including phenoxy) is 2. The Bertz CT molecular complexity index is 1290. The van der Waals surface area contributed by atoms with Gasteiger partial charge in [0, 0.05) is 11.5 Å². The number of rotatable bonds is 18. The summed E-state index contributed by atoms with van der Waals surface area (Å²) in [4.78, 5) is 24.2. The maximum absolute atomic E-state index is 12.1. The number of aliphatic hydroxyl groups is 1. The Morgan fingerprint density at radius 2 is 1.33 bits per heavy atom. The molecule has 5 rings (SSSR count). The Morgan fingerprint density at radius 3 is 1.94 bits per heavy atom. The first kappa shape index (κ1) is 40.8. The number of aliphatic hydroxyl groups excluding tert-OH is 1. The Morgan fingerprint density at radius 1 is 0.731 bits per heavy atom. The van der Waals surface area contributed by atoms with Crippen LogP contribution in [0.4, 0.5) is 0 Å². The van der Waals surface area contributed by atoms with E-state index in [0.717, 1.165) is 61.7 Å². The normalized spacial score (nSPS) is 28.3. The molecule has 2 atom stereocenters. The third-order valence-electron chi connectivity index (χ3n) is 13.9. The number of fused-ring (bicyclic) bond motifs is 1. The highest BCUT2D eigenvalue weighted by Gasteiger charge is 2.32. The van der Waals surface area contributed by atoms with Gasteiger partial charge in [0.15, 0.2) is 0 Å². The minimum absolute atomic E-state index is 0.0338. The van der Waals surface area contributed by atoms with Crippen LogP contribution in [0, 0.1) is 41.4 Å². The van der Waals surface area contributed by atoms with E-state index >= 15 is 0 Å². The predicted molar refractivity (Wildman–Crippen MR) is 212 cm³/mol. The Labute approximate surface area is 316 Å². The van der Waals surface area contributed by atoms with Crippen molar-refractivity contribution in [3.8, 4) is 0 Å². The third kappa shape index (κ3) is 12.3. The van der Waals surface area contributed by atoms with Gasteiger partial charge in [-0.1, -0.05) is 96.1 Å². The summed E-state index contributed by atoms with van der Waals surface area (Å²) in [6, 6.07) is 7.44. The summed E-state index contributed by atoms with van der Waals surface area (Å²) < 4.78 is 10.9. The van der Waals surface area contributed by atoms with Gasteiger partial charge in [-0.3, -0.25) is 0 Å². The van der Waals surface area contributed by atoms with Crippen molar-refractivity contribution < 1.29 is 24.2 Å². The van der Waals surface area contributed by atoms with Crippen LogP contribution in [0.15, 0.2) is 42.5 Å². The summed E-state index contributed by atoms with van der Waals surface area (Å²) in [6.45, 7) is 11.1. The van der Waals surface area contributed by atoms with Gasteiger partial charge < -0.3 is 14.6 Å². The lowest BCUT2D eigenvalue weighted by Crippen LogP contribution is -2.26. The van der Waals surface area contributed by atoms with E-state index in [1.165, 1.54) is 115 Å². The largest absolute Gasteiger partial charge is 0.462 e. The van der Waals surface area contributed by atoms with Crippen molar-refractivity contribution in [2.75, 3.05) is 19.8 Å². The summed E-state index contributed by atoms with van der Waals surface area (Å²) in [5.41, 5.74) is 5.11. The van der Waals surface area contributed by atoms with Crippen molar-refractivity contribution in [1.29, 1.82) is 0 Å². The molecule has 3 saturated carbocycles. The summed E-state index contributed by atoms with van der Waals surface area (Å²) in [7, 11) is 0. The zero-order valence-electron chi connectivity index (χ0n) is 33.0. The second kappa shape index (κ2) is 20.9. The molecule has 0 heterocycles. The van der Waals surface area contributed by atoms with Gasteiger partial charge in [0.2, 0.25) is 0 Å². The fourth-order valence-corrected chi connectivity index (χ4v) is 10.5. The molecule has 0 bridgehead atoms. The van der Waals surface area contributed by atoms with Crippen molar-refractivity contribution in [3.05, 3.63) is 59.2 Å². The number of unbranched alkanes of at least 4 members (excludes halogenated alkanes) is 2. The molecule has 0 aliphatic heterocycles. The molecule has 0 saturated heterocycles. The van der Waals surface area contributed by atoms with Gasteiger partial charge in [-0.2, -0.15) is 0 Å². The van der Waals surface area contributed by atoms with Crippen LogP contribution >= 0.6 is 0 Å². The first-order valence-electron chi connectivity index (χ1n) is 21.6. The summed E-state index contributed by atoms with van der Waals surface area (Å²) >= 11 is 0. The molecule has 1 N–H and O–H groups in total. The van der Waals surface area contributed by atoms with E-state index in [9.17, 15) is 14.7 Å². The van der Waals surface area contributed by atoms with Gasteiger partial charge in [0.25, 0.3) is 0 Å². The van der Waals surface area contributed by atoms with E-state index in [4.69, 9.17) is 9.47 Å². The van der Waals surface area contributed by atoms with Crippen molar-refractivity contribution in [2.24, 2.45) is 41.4 Å². The van der Waals surface area contributed by atoms with Gasteiger partial charge >= 0.3 is 11.9 Å². The van der Waals surface area contributed by atoms with Crippen LogP contribution in [0.2, 0.25) is 0 Å². The van der Waals surface area contributed by atoms with Crippen LogP contribution in [0.25, 0.3) is 0 Å². The van der Waals surface area contributed by atoms with Gasteiger partial charge in [0.05, 0.1) is 25.4 Å². The summed E-state index contributed by atoms with van der Waals surface area (Å²) in [5, 5.41) is 9.21. The molecule has 2 unspecified atom stereocenters. The minimum Gasteiger partial charge on any atom is -0.462 e. The third-order valence-corrected chi connectivity index (χ3v) is 13.9. The molecule has 52 heavy (non-hydrogen) atoms. The highest BCUT2D eigenvalue weighted by atomic mass is 16.5. The van der Waals surface area contributed by atoms with Crippen molar-refractivity contribution >= 4 is 11.9 Å². The molecular formula is C47H72O5. The smallest absolute Gasteiger partial charge is 0.335 e. The molecule has 0 aromatic heterocycles. The second-order valence-corrected chi connectivity index (χ2v) is 17.8. The van der Waals surface area contributed by atoms with Crippen molar-refractivity contribution in [2.45, 2.75) is 161 Å². The molecule has 0 amide bonds. The topological polar surface area (TPSA) is 72.8 Å². The van der Waals surface area contributed by atoms with E-state index in [2.05, 4.69) is 38.3 Å². The number of esters is 2. The minimum atomic E-state index is -0.598. The molecule has 4 aliphatic carbocycles. The van der Waals surface area contributed by atoms with Gasteiger partial charge in [0.1, 0.15) is 0 Å². The standard InChI is InChI=1S/C47H72O5/c1-5-6-7-8-35-11-18-40(19-12-35)41-20-13-36(14-21-41)9-10-38-17-24-45-29-44(26-25-43(45)28-38)42-22-15-37(16-23-42)27-39(31-51-46(49)33(2)3)32-52-47(50)34(4)30-48/h25-26,29,35-42,48H,2,4-24,27-28,30-32H2,1,3H3. The molecule has 1 aromatic carbocycles. The fraction of sp³-hybridized carbons (Fsp3) is 0.745. The quantitative estimate of drug-likeness (QED) is 0.0930. The van der Waals surface area contributed by atoms with Crippen molar-refractivity contribution in [3.63, 3.8) is 0 Å². The van der Waals surface area contributed by atoms with E-state index < -0.39 is 18.5 Å². The summed E-state index contributed by atoms with van der Waals surface area (Å²) in [6.07, 6.45) is 30.0. The van der Waals surface area contributed by atoms with Crippen LogP contribution < -0.4 is 0 Å². The monoisotopic (exact) mass is 717 g/mol. The van der Waals surface area contributed by atoms with Crippen LogP contribution in [-0.2, 0) is 31.9 Å². The molecule has 4 aliphatic rings. The zero-order valence-corrected chi connectivity index (χ0v) is 33.0. The van der Waals surface area contributed by atoms with Crippen LogP contribution in [-0.4, -0.2) is 36.9 Å². The fourth-order valence-electron chi connectivity index (χ4n) is 10.5. The maximum atomic E-state index is 12.1. The van der Waals surface area contributed by atoms with Crippen LogP contribution in [0.1, 0.15) is 165 Å². The van der Waals surface area contributed by atoms with E-state index in [1.54, 1.807) is 18.1 Å².